The highest BCUT2D eigenvalue weighted by molar-refractivity contribution is 5.95. The topological polar surface area (TPSA) is 97.5 Å². The molecule has 0 unspecified atom stereocenters. The second kappa shape index (κ2) is 6.29. The number of likely N-dealkylation sites (tertiary alicyclic amines) is 1. The number of aromatic nitrogens is 1. The summed E-state index contributed by atoms with van der Waals surface area (Å²) in [5, 5.41) is 2.66. The first-order valence-corrected chi connectivity index (χ1v) is 8.69. The van der Waals surface area contributed by atoms with Crippen LogP contribution in [0.1, 0.15) is 49.9 Å². The normalized spacial score (nSPS) is 27.6. The highest BCUT2D eigenvalue weighted by Crippen LogP contribution is 2.49. The van der Waals surface area contributed by atoms with Crippen LogP contribution in [0.5, 0.6) is 0 Å². The first-order valence-electron chi connectivity index (χ1n) is 8.69. The number of nitrogens with zero attached hydrogens (tertiary/aromatic N) is 2. The summed E-state index contributed by atoms with van der Waals surface area (Å²) in [6.45, 7) is 4.70. The number of nitrogens with two attached hydrogens (primary N) is 1. The van der Waals surface area contributed by atoms with Gasteiger partial charge in [-0.05, 0) is 38.8 Å². The minimum atomic E-state index is -0.450. The van der Waals surface area contributed by atoms with E-state index < -0.39 is 5.54 Å². The largest absolute Gasteiger partial charge is 0.384 e. The lowest BCUT2D eigenvalue weighted by Crippen LogP contribution is -2.53. The summed E-state index contributed by atoms with van der Waals surface area (Å²) < 4.78 is 6.20. The van der Waals surface area contributed by atoms with Crippen molar-refractivity contribution in [3.05, 3.63) is 23.9 Å². The number of ether oxygens (including phenoxy) is 1. The minimum absolute atomic E-state index is 0.0736. The maximum atomic E-state index is 13.1. The van der Waals surface area contributed by atoms with Gasteiger partial charge in [-0.2, -0.15) is 0 Å². The number of pyridine rings is 1. The Morgan fingerprint density at radius 1 is 1.44 bits per heavy atom. The molecule has 7 nitrogen and oxygen atoms in total. The van der Waals surface area contributed by atoms with E-state index in [0.717, 1.165) is 19.3 Å². The predicted octanol–water partition coefficient (Wildman–Crippen LogP) is 1.34. The van der Waals surface area contributed by atoms with Gasteiger partial charge in [-0.25, -0.2) is 4.98 Å². The van der Waals surface area contributed by atoms with Crippen LogP contribution in [0.4, 0.5) is 5.82 Å². The molecule has 1 aromatic heterocycles. The first kappa shape index (κ1) is 17.7. The standard InChI is InChI=1S/C18H26N4O3/c1-17(2)11-18(13(25-17)9-15(23)20-3)7-4-8-22(18)16(24)12-5-6-14(19)21-10-12/h5-6,10,13H,4,7-9,11H2,1-3H3,(H2,19,21)(H,20,23)/t13-,18+/m0/s1. The van der Waals surface area contributed by atoms with Crippen molar-refractivity contribution in [2.45, 2.75) is 56.8 Å². The lowest BCUT2D eigenvalue weighted by Gasteiger charge is -2.38. The lowest BCUT2D eigenvalue weighted by molar-refractivity contribution is -0.126. The Morgan fingerprint density at radius 3 is 2.84 bits per heavy atom. The Hall–Kier alpha value is -2.15. The van der Waals surface area contributed by atoms with Crippen molar-refractivity contribution in [2.75, 3.05) is 19.3 Å². The van der Waals surface area contributed by atoms with Crippen molar-refractivity contribution >= 4 is 17.6 Å². The van der Waals surface area contributed by atoms with Crippen molar-refractivity contribution < 1.29 is 14.3 Å². The molecule has 2 atom stereocenters. The molecule has 136 valence electrons. The van der Waals surface area contributed by atoms with E-state index in [2.05, 4.69) is 10.3 Å². The Bertz CT molecular complexity index is 673. The third-order valence-corrected chi connectivity index (χ3v) is 5.25. The van der Waals surface area contributed by atoms with Gasteiger partial charge in [0.25, 0.3) is 5.91 Å². The van der Waals surface area contributed by atoms with E-state index in [1.165, 1.54) is 6.20 Å². The first-order chi connectivity index (χ1) is 11.8. The smallest absolute Gasteiger partial charge is 0.255 e. The summed E-state index contributed by atoms with van der Waals surface area (Å²) >= 11 is 0. The Morgan fingerprint density at radius 2 is 2.20 bits per heavy atom. The molecule has 0 aliphatic carbocycles. The number of hydrogen-bond donors (Lipinski definition) is 2. The summed E-state index contributed by atoms with van der Waals surface area (Å²) in [4.78, 5) is 31.0. The molecule has 2 aliphatic rings. The van der Waals surface area contributed by atoms with E-state index in [-0.39, 0.29) is 29.9 Å². The van der Waals surface area contributed by atoms with Gasteiger partial charge in [-0.15, -0.1) is 0 Å². The fraction of sp³-hybridized carbons (Fsp3) is 0.611. The lowest BCUT2D eigenvalue weighted by atomic mass is 9.82. The Kier molecular flexibility index (Phi) is 4.45. The van der Waals surface area contributed by atoms with Crippen LogP contribution in [-0.4, -0.2) is 52.5 Å². The zero-order chi connectivity index (χ0) is 18.2. The number of carbonyl (C=O) groups is 2. The Labute approximate surface area is 147 Å². The quantitative estimate of drug-likeness (QED) is 0.861. The van der Waals surface area contributed by atoms with Gasteiger partial charge in [0.2, 0.25) is 5.91 Å². The van der Waals surface area contributed by atoms with Crippen molar-refractivity contribution in [2.24, 2.45) is 0 Å². The van der Waals surface area contributed by atoms with Gasteiger partial charge in [0, 0.05) is 26.2 Å². The molecule has 3 rings (SSSR count). The van der Waals surface area contributed by atoms with Gasteiger partial charge in [-0.3, -0.25) is 9.59 Å². The molecule has 0 saturated carbocycles. The number of amides is 2. The van der Waals surface area contributed by atoms with E-state index >= 15 is 0 Å². The second-order valence-corrected chi connectivity index (χ2v) is 7.56. The van der Waals surface area contributed by atoms with Crippen molar-refractivity contribution in [3.63, 3.8) is 0 Å². The number of anilines is 1. The molecule has 1 aromatic rings. The molecule has 3 heterocycles. The summed E-state index contributed by atoms with van der Waals surface area (Å²) in [5.41, 5.74) is 5.31. The minimum Gasteiger partial charge on any atom is -0.384 e. The third kappa shape index (κ3) is 3.20. The molecule has 2 fully saturated rings. The molecule has 0 radical (unpaired) electrons. The summed E-state index contributed by atoms with van der Waals surface area (Å²) in [5.74, 6) is 0.235. The van der Waals surface area contributed by atoms with Crippen LogP contribution in [0.2, 0.25) is 0 Å². The van der Waals surface area contributed by atoms with Crippen LogP contribution in [0.15, 0.2) is 18.3 Å². The molecule has 0 bridgehead atoms. The average molecular weight is 346 g/mol. The third-order valence-electron chi connectivity index (χ3n) is 5.25. The van der Waals surface area contributed by atoms with Gasteiger partial charge in [0.15, 0.2) is 0 Å². The van der Waals surface area contributed by atoms with Crippen molar-refractivity contribution in [1.82, 2.24) is 15.2 Å². The fourth-order valence-electron chi connectivity index (χ4n) is 4.30. The van der Waals surface area contributed by atoms with Crippen molar-refractivity contribution in [1.29, 1.82) is 0 Å². The molecule has 3 N–H and O–H groups in total. The van der Waals surface area contributed by atoms with Crippen LogP contribution in [0.3, 0.4) is 0 Å². The van der Waals surface area contributed by atoms with Crippen LogP contribution < -0.4 is 11.1 Å². The zero-order valence-electron chi connectivity index (χ0n) is 15.0. The Balaban J connectivity index is 1.92. The van der Waals surface area contributed by atoms with Crippen LogP contribution >= 0.6 is 0 Å². The maximum absolute atomic E-state index is 13.1. The molecule has 2 saturated heterocycles. The fourth-order valence-corrected chi connectivity index (χ4v) is 4.30. The van der Waals surface area contributed by atoms with Gasteiger partial charge >= 0.3 is 0 Å². The average Bonchev–Trinajstić information content (AvgIpc) is 3.08. The number of nitrogens with one attached hydrogen (secondary N) is 1. The van der Waals surface area contributed by atoms with E-state index in [1.807, 2.05) is 18.7 Å². The molecule has 2 aliphatic heterocycles. The van der Waals surface area contributed by atoms with Gasteiger partial charge in [-0.1, -0.05) is 0 Å². The number of nitrogen functional groups attached to an aromatic ring is 1. The molecule has 0 aromatic carbocycles. The molecular formula is C18H26N4O3. The molecule has 7 heteroatoms. The predicted molar refractivity (Wildman–Crippen MR) is 93.9 cm³/mol. The summed E-state index contributed by atoms with van der Waals surface area (Å²) in [6, 6.07) is 3.33. The molecule has 2 amide bonds. The monoisotopic (exact) mass is 346 g/mol. The van der Waals surface area contributed by atoms with E-state index in [4.69, 9.17) is 10.5 Å². The van der Waals surface area contributed by atoms with Gasteiger partial charge in [0.1, 0.15) is 5.82 Å². The number of carbonyl (C=O) groups excluding carboxylic acids is 2. The van der Waals surface area contributed by atoms with E-state index in [9.17, 15) is 9.59 Å². The number of hydrogen-bond acceptors (Lipinski definition) is 5. The highest BCUT2D eigenvalue weighted by Gasteiger charge is 2.58. The van der Waals surface area contributed by atoms with Crippen LogP contribution in [0, 0.1) is 0 Å². The second-order valence-electron chi connectivity index (χ2n) is 7.56. The zero-order valence-corrected chi connectivity index (χ0v) is 15.0. The number of rotatable bonds is 3. The summed E-state index contributed by atoms with van der Waals surface area (Å²) in [7, 11) is 1.62. The molecule has 1 spiro atoms. The van der Waals surface area contributed by atoms with E-state index in [1.54, 1.807) is 19.2 Å². The SMILES string of the molecule is CNC(=O)C[C@@H]1OC(C)(C)C[C@]12CCCN2C(=O)c1ccc(N)nc1. The van der Waals surface area contributed by atoms with Gasteiger partial charge < -0.3 is 20.7 Å². The van der Waals surface area contributed by atoms with Crippen LogP contribution in [-0.2, 0) is 9.53 Å². The maximum Gasteiger partial charge on any atom is 0.255 e. The van der Waals surface area contributed by atoms with Gasteiger partial charge in [0.05, 0.1) is 29.2 Å². The van der Waals surface area contributed by atoms with Crippen molar-refractivity contribution in [3.8, 4) is 0 Å². The summed E-state index contributed by atoms with van der Waals surface area (Å²) in [6.07, 6.45) is 3.91. The molecular weight excluding hydrogens is 320 g/mol. The van der Waals surface area contributed by atoms with Crippen LogP contribution in [0.25, 0.3) is 0 Å². The van der Waals surface area contributed by atoms with E-state index in [0.29, 0.717) is 17.9 Å². The molecule has 25 heavy (non-hydrogen) atoms. The highest BCUT2D eigenvalue weighted by atomic mass is 16.5.